The van der Waals surface area contributed by atoms with Gasteiger partial charge in [0, 0.05) is 32.1 Å². The van der Waals surface area contributed by atoms with Crippen molar-refractivity contribution in [2.24, 2.45) is 5.92 Å². The summed E-state index contributed by atoms with van der Waals surface area (Å²) >= 11 is 0. The van der Waals surface area contributed by atoms with E-state index in [2.05, 4.69) is 18.3 Å². The smallest absolute Gasteiger partial charge is 0.225 e. The summed E-state index contributed by atoms with van der Waals surface area (Å²) in [5.74, 6) is 1.27. The Bertz CT molecular complexity index is 482. The van der Waals surface area contributed by atoms with Crippen LogP contribution in [0.1, 0.15) is 24.5 Å². The lowest BCUT2D eigenvalue weighted by molar-refractivity contribution is -0.135. The van der Waals surface area contributed by atoms with Crippen molar-refractivity contribution in [1.29, 1.82) is 0 Å². The van der Waals surface area contributed by atoms with Gasteiger partial charge in [-0.25, -0.2) is 0 Å². The van der Waals surface area contributed by atoms with Crippen LogP contribution in [-0.2, 0) is 11.2 Å². The molecule has 4 nitrogen and oxygen atoms in total. The highest BCUT2D eigenvalue weighted by Gasteiger charge is 2.22. The maximum atomic E-state index is 12.4. The average Bonchev–Trinajstić information content (AvgIpc) is 2.53. The lowest BCUT2D eigenvalue weighted by Gasteiger charge is -2.30. The molecular weight excluding hydrogens is 264 g/mol. The van der Waals surface area contributed by atoms with Gasteiger partial charge in [-0.3, -0.25) is 4.79 Å². The highest BCUT2D eigenvalue weighted by molar-refractivity contribution is 5.78. The fourth-order valence-electron chi connectivity index (χ4n) is 2.87. The summed E-state index contributed by atoms with van der Waals surface area (Å²) in [6.07, 6.45) is 1.75. The summed E-state index contributed by atoms with van der Waals surface area (Å²) in [4.78, 5) is 14.4. The van der Waals surface area contributed by atoms with Gasteiger partial charge in [0.05, 0.1) is 7.11 Å². The Labute approximate surface area is 127 Å². The summed E-state index contributed by atoms with van der Waals surface area (Å²) in [6.45, 7) is 7.61. The minimum atomic E-state index is 0.0624. The number of hydrogen-bond acceptors (Lipinski definition) is 3. The number of benzene rings is 1. The Morgan fingerprint density at radius 3 is 2.76 bits per heavy atom. The van der Waals surface area contributed by atoms with Gasteiger partial charge in [-0.15, -0.1) is 0 Å². The van der Waals surface area contributed by atoms with Crippen LogP contribution >= 0.6 is 0 Å². The molecule has 1 N–H and O–H groups in total. The molecule has 1 saturated heterocycles. The van der Waals surface area contributed by atoms with E-state index in [1.807, 2.05) is 24.0 Å². The Balaban J connectivity index is 1.94. The summed E-state index contributed by atoms with van der Waals surface area (Å²) in [6, 6.07) is 6.10. The fraction of sp³-hybridized carbons (Fsp3) is 0.588. The molecule has 1 aromatic carbocycles. The van der Waals surface area contributed by atoms with Crippen molar-refractivity contribution in [3.63, 3.8) is 0 Å². The van der Waals surface area contributed by atoms with Gasteiger partial charge >= 0.3 is 0 Å². The Kier molecular flexibility index (Phi) is 5.62. The normalized spacial score (nSPS) is 16.6. The molecule has 0 spiro atoms. The minimum absolute atomic E-state index is 0.0624. The van der Waals surface area contributed by atoms with E-state index in [9.17, 15) is 4.79 Å². The number of nitrogens with one attached hydrogen (secondary N) is 1. The highest BCUT2D eigenvalue weighted by Crippen LogP contribution is 2.25. The van der Waals surface area contributed by atoms with E-state index >= 15 is 0 Å². The second-order valence-corrected chi connectivity index (χ2v) is 5.77. The molecule has 0 bridgehead atoms. The van der Waals surface area contributed by atoms with Gasteiger partial charge in [-0.1, -0.05) is 19.1 Å². The zero-order valence-corrected chi connectivity index (χ0v) is 13.3. The number of methoxy groups -OCH3 is 1. The molecule has 21 heavy (non-hydrogen) atoms. The highest BCUT2D eigenvalue weighted by atomic mass is 16.5. The third-order valence-corrected chi connectivity index (χ3v) is 4.26. The Morgan fingerprint density at radius 1 is 1.38 bits per heavy atom. The number of nitrogens with zero attached hydrogens (tertiary/aromatic N) is 1. The van der Waals surface area contributed by atoms with Crippen LogP contribution in [0.4, 0.5) is 0 Å². The van der Waals surface area contributed by atoms with Crippen molar-refractivity contribution in [1.82, 2.24) is 10.2 Å². The molecule has 2 rings (SSSR count). The largest absolute Gasteiger partial charge is 0.496 e. The maximum Gasteiger partial charge on any atom is 0.225 e. The van der Waals surface area contributed by atoms with Crippen LogP contribution in [-0.4, -0.2) is 44.1 Å². The monoisotopic (exact) mass is 290 g/mol. The first-order valence-corrected chi connectivity index (χ1v) is 7.75. The van der Waals surface area contributed by atoms with Crippen molar-refractivity contribution in [2.75, 3.05) is 33.3 Å². The van der Waals surface area contributed by atoms with Crippen LogP contribution < -0.4 is 10.1 Å². The number of carbonyl (C=O) groups is 1. The molecule has 1 unspecified atom stereocenters. The predicted molar refractivity (Wildman–Crippen MR) is 84.7 cm³/mol. The number of ether oxygens (including phenoxy) is 1. The third-order valence-electron chi connectivity index (χ3n) is 4.26. The van der Waals surface area contributed by atoms with E-state index < -0.39 is 0 Å². The number of carbonyl (C=O) groups excluding carboxylic acids is 1. The minimum Gasteiger partial charge on any atom is -0.496 e. The molecule has 1 aromatic rings. The standard InChI is InChI=1S/C17H26N2O2/c1-13-5-4-6-16(21-3)15(13)8-7-14(2)17(20)19-11-9-18-10-12-19/h4-6,14,18H,7-12H2,1-3H3. The first-order chi connectivity index (χ1) is 10.1. The van der Waals surface area contributed by atoms with E-state index in [1.54, 1.807) is 7.11 Å². The summed E-state index contributed by atoms with van der Waals surface area (Å²) < 4.78 is 5.43. The molecule has 0 aliphatic carbocycles. The number of rotatable bonds is 5. The van der Waals surface area contributed by atoms with Crippen molar-refractivity contribution >= 4 is 5.91 Å². The van der Waals surface area contributed by atoms with E-state index in [1.165, 1.54) is 11.1 Å². The molecule has 0 radical (unpaired) electrons. The quantitative estimate of drug-likeness (QED) is 0.902. The van der Waals surface area contributed by atoms with Gasteiger partial charge in [0.2, 0.25) is 5.91 Å². The maximum absolute atomic E-state index is 12.4. The topological polar surface area (TPSA) is 41.6 Å². The van der Waals surface area contributed by atoms with Gasteiger partial charge in [-0.2, -0.15) is 0 Å². The van der Waals surface area contributed by atoms with Crippen molar-refractivity contribution < 1.29 is 9.53 Å². The summed E-state index contributed by atoms with van der Waals surface area (Å²) in [5.41, 5.74) is 2.45. The molecule has 0 saturated carbocycles. The second-order valence-electron chi connectivity index (χ2n) is 5.77. The third kappa shape index (κ3) is 3.97. The molecule has 1 heterocycles. The van der Waals surface area contributed by atoms with Gasteiger partial charge in [0.15, 0.2) is 0 Å². The van der Waals surface area contributed by atoms with Crippen molar-refractivity contribution in [2.45, 2.75) is 26.7 Å². The molecular formula is C17H26N2O2. The van der Waals surface area contributed by atoms with Crippen LogP contribution in [0.3, 0.4) is 0 Å². The molecule has 1 aliphatic rings. The predicted octanol–water partition coefficient (Wildman–Crippen LogP) is 2.00. The van der Waals surface area contributed by atoms with E-state index in [0.29, 0.717) is 0 Å². The molecule has 116 valence electrons. The lowest BCUT2D eigenvalue weighted by atomic mass is 9.96. The van der Waals surface area contributed by atoms with Gasteiger partial charge in [-0.05, 0) is 37.0 Å². The van der Waals surface area contributed by atoms with Gasteiger partial charge in [0.1, 0.15) is 5.75 Å². The van der Waals surface area contributed by atoms with E-state index in [4.69, 9.17) is 4.74 Å². The number of aryl methyl sites for hydroxylation is 1. The van der Waals surface area contributed by atoms with Crippen LogP contribution in [0.15, 0.2) is 18.2 Å². The molecule has 1 atom stereocenters. The van der Waals surface area contributed by atoms with Crippen LogP contribution in [0, 0.1) is 12.8 Å². The first kappa shape index (κ1) is 15.8. The Morgan fingerprint density at radius 2 is 2.10 bits per heavy atom. The lowest BCUT2D eigenvalue weighted by Crippen LogP contribution is -2.48. The van der Waals surface area contributed by atoms with Crippen molar-refractivity contribution in [3.05, 3.63) is 29.3 Å². The zero-order chi connectivity index (χ0) is 15.2. The molecule has 0 aromatic heterocycles. The van der Waals surface area contributed by atoms with E-state index in [0.717, 1.165) is 44.8 Å². The second kappa shape index (κ2) is 7.46. The van der Waals surface area contributed by atoms with Gasteiger partial charge in [0.25, 0.3) is 0 Å². The van der Waals surface area contributed by atoms with Crippen LogP contribution in [0.25, 0.3) is 0 Å². The van der Waals surface area contributed by atoms with Crippen molar-refractivity contribution in [3.8, 4) is 5.75 Å². The summed E-state index contributed by atoms with van der Waals surface area (Å²) in [5, 5.41) is 3.28. The first-order valence-electron chi connectivity index (χ1n) is 7.75. The molecule has 1 fully saturated rings. The molecule has 1 aliphatic heterocycles. The zero-order valence-electron chi connectivity index (χ0n) is 13.3. The molecule has 4 heteroatoms. The number of piperazine rings is 1. The van der Waals surface area contributed by atoms with Gasteiger partial charge < -0.3 is 15.0 Å². The fourth-order valence-corrected chi connectivity index (χ4v) is 2.87. The van der Waals surface area contributed by atoms with Crippen LogP contribution in [0.2, 0.25) is 0 Å². The van der Waals surface area contributed by atoms with Crippen LogP contribution in [0.5, 0.6) is 5.75 Å². The SMILES string of the molecule is COc1cccc(C)c1CCC(C)C(=O)N1CCNCC1. The van der Waals surface area contributed by atoms with E-state index in [-0.39, 0.29) is 11.8 Å². The number of amides is 1. The number of hydrogen-bond donors (Lipinski definition) is 1. The summed E-state index contributed by atoms with van der Waals surface area (Å²) in [7, 11) is 1.70. The Hall–Kier alpha value is -1.55. The molecule has 1 amide bonds. The average molecular weight is 290 g/mol.